The van der Waals surface area contributed by atoms with Crippen molar-refractivity contribution in [1.29, 1.82) is 0 Å². The molecule has 5 heteroatoms. The predicted octanol–water partition coefficient (Wildman–Crippen LogP) is 8.51. The SMILES string of the molecule is C/C(=N/Nc1nc(-c2ccc(C)c(C)c2)c(-c2ccccc2)s1)c1ccc(OCc2ccccc2)cc1. The molecule has 1 aromatic heterocycles. The van der Waals surface area contributed by atoms with Crippen LogP contribution in [0.3, 0.4) is 0 Å². The van der Waals surface area contributed by atoms with Crippen LogP contribution in [0.4, 0.5) is 5.13 Å². The fourth-order valence-electron chi connectivity index (χ4n) is 3.97. The highest BCUT2D eigenvalue weighted by Crippen LogP contribution is 2.39. The van der Waals surface area contributed by atoms with E-state index in [2.05, 4.69) is 79.0 Å². The quantitative estimate of drug-likeness (QED) is 0.170. The molecule has 0 aliphatic rings. The largest absolute Gasteiger partial charge is 0.489 e. The Balaban J connectivity index is 1.34. The lowest BCUT2D eigenvalue weighted by atomic mass is 10.0. The third-order valence-electron chi connectivity index (χ3n) is 6.28. The minimum atomic E-state index is 0.547. The topological polar surface area (TPSA) is 46.5 Å². The van der Waals surface area contributed by atoms with Gasteiger partial charge in [0, 0.05) is 5.56 Å². The van der Waals surface area contributed by atoms with Crippen LogP contribution >= 0.6 is 11.3 Å². The maximum Gasteiger partial charge on any atom is 0.204 e. The zero-order valence-corrected chi connectivity index (χ0v) is 22.0. The van der Waals surface area contributed by atoms with Crippen LogP contribution in [0.25, 0.3) is 21.7 Å². The molecule has 0 atom stereocenters. The lowest BCUT2D eigenvalue weighted by molar-refractivity contribution is 0.306. The Kier molecular flexibility index (Phi) is 7.43. The average Bonchev–Trinajstić information content (AvgIpc) is 3.38. The molecule has 0 amide bonds. The van der Waals surface area contributed by atoms with Crippen molar-refractivity contribution in [3.8, 4) is 27.4 Å². The second kappa shape index (κ2) is 11.2. The average molecular weight is 504 g/mol. The van der Waals surface area contributed by atoms with E-state index in [1.54, 1.807) is 11.3 Å². The van der Waals surface area contributed by atoms with E-state index < -0.39 is 0 Å². The number of benzene rings is 4. The van der Waals surface area contributed by atoms with Gasteiger partial charge in [0.05, 0.1) is 16.3 Å². The number of aromatic nitrogens is 1. The second-order valence-corrected chi connectivity index (χ2v) is 9.97. The zero-order chi connectivity index (χ0) is 25.6. The summed E-state index contributed by atoms with van der Waals surface area (Å²) in [5.41, 5.74) is 12.0. The third kappa shape index (κ3) is 5.96. The molecule has 4 aromatic carbocycles. The van der Waals surface area contributed by atoms with Gasteiger partial charge in [-0.3, -0.25) is 5.43 Å². The number of ether oxygens (including phenoxy) is 1. The number of hydrogen-bond acceptors (Lipinski definition) is 5. The van der Waals surface area contributed by atoms with Gasteiger partial charge in [-0.1, -0.05) is 84.1 Å². The minimum Gasteiger partial charge on any atom is -0.489 e. The minimum absolute atomic E-state index is 0.547. The van der Waals surface area contributed by atoms with Crippen molar-refractivity contribution in [2.45, 2.75) is 27.4 Å². The summed E-state index contributed by atoms with van der Waals surface area (Å²) in [7, 11) is 0. The fourth-order valence-corrected chi connectivity index (χ4v) is 4.90. The first-order valence-corrected chi connectivity index (χ1v) is 13.1. The van der Waals surface area contributed by atoms with Crippen LogP contribution < -0.4 is 10.2 Å². The van der Waals surface area contributed by atoms with Crippen molar-refractivity contribution < 1.29 is 4.74 Å². The van der Waals surface area contributed by atoms with Crippen LogP contribution in [0.2, 0.25) is 0 Å². The van der Waals surface area contributed by atoms with Crippen molar-refractivity contribution in [2.24, 2.45) is 5.10 Å². The molecule has 5 aromatic rings. The molecule has 0 spiro atoms. The van der Waals surface area contributed by atoms with E-state index in [4.69, 9.17) is 9.72 Å². The maximum absolute atomic E-state index is 5.91. The lowest BCUT2D eigenvalue weighted by Gasteiger charge is -2.07. The molecule has 4 nitrogen and oxygen atoms in total. The van der Waals surface area contributed by atoms with Gasteiger partial charge in [-0.05, 0) is 78.9 Å². The van der Waals surface area contributed by atoms with Crippen molar-refractivity contribution >= 4 is 22.2 Å². The van der Waals surface area contributed by atoms with Gasteiger partial charge < -0.3 is 4.74 Å². The third-order valence-corrected chi connectivity index (χ3v) is 7.29. The molecule has 184 valence electrons. The molecule has 5 rings (SSSR count). The van der Waals surface area contributed by atoms with Crippen LogP contribution in [0.15, 0.2) is 108 Å². The number of thiazole rings is 1. The van der Waals surface area contributed by atoms with Gasteiger partial charge in [-0.2, -0.15) is 5.10 Å². The maximum atomic E-state index is 5.91. The highest BCUT2D eigenvalue weighted by atomic mass is 32.1. The molecule has 1 heterocycles. The number of aryl methyl sites for hydroxylation is 2. The van der Waals surface area contributed by atoms with E-state index >= 15 is 0 Å². The summed E-state index contributed by atoms with van der Waals surface area (Å²) >= 11 is 1.61. The second-order valence-electron chi connectivity index (χ2n) is 8.97. The van der Waals surface area contributed by atoms with Gasteiger partial charge in [0.15, 0.2) is 0 Å². The number of rotatable bonds is 8. The van der Waals surface area contributed by atoms with Gasteiger partial charge in [-0.15, -0.1) is 0 Å². The lowest BCUT2D eigenvalue weighted by Crippen LogP contribution is -2.00. The van der Waals surface area contributed by atoms with E-state index in [9.17, 15) is 0 Å². The summed E-state index contributed by atoms with van der Waals surface area (Å²) in [6.07, 6.45) is 0. The predicted molar refractivity (Wildman–Crippen MR) is 156 cm³/mol. The molecule has 0 unspecified atom stereocenters. The Hall–Kier alpha value is -4.22. The van der Waals surface area contributed by atoms with Crippen molar-refractivity contribution in [3.05, 3.63) is 125 Å². The number of hydrazone groups is 1. The van der Waals surface area contributed by atoms with Gasteiger partial charge in [0.2, 0.25) is 5.13 Å². The molecule has 0 fully saturated rings. The van der Waals surface area contributed by atoms with Crippen LogP contribution in [0, 0.1) is 13.8 Å². The highest BCUT2D eigenvalue weighted by Gasteiger charge is 2.15. The van der Waals surface area contributed by atoms with E-state index in [0.717, 1.165) is 49.4 Å². The molecule has 37 heavy (non-hydrogen) atoms. The summed E-state index contributed by atoms with van der Waals surface area (Å²) in [6, 6.07) is 35.1. The Labute approximate surface area is 222 Å². The Morgan fingerprint density at radius 1 is 0.811 bits per heavy atom. The zero-order valence-electron chi connectivity index (χ0n) is 21.2. The number of hydrogen-bond donors (Lipinski definition) is 1. The van der Waals surface area contributed by atoms with Crippen LogP contribution in [0.1, 0.15) is 29.2 Å². The molecule has 0 saturated carbocycles. The van der Waals surface area contributed by atoms with Gasteiger partial charge in [0.25, 0.3) is 0 Å². The van der Waals surface area contributed by atoms with E-state index in [1.807, 2.05) is 55.5 Å². The Bertz CT molecular complexity index is 1510. The van der Waals surface area contributed by atoms with E-state index in [1.165, 1.54) is 11.1 Å². The van der Waals surface area contributed by atoms with E-state index in [-0.39, 0.29) is 0 Å². The Morgan fingerprint density at radius 3 is 2.22 bits per heavy atom. The first kappa shape index (κ1) is 24.5. The molecule has 0 aliphatic heterocycles. The Morgan fingerprint density at radius 2 is 1.51 bits per heavy atom. The van der Waals surface area contributed by atoms with Crippen LogP contribution in [-0.2, 0) is 6.61 Å². The summed E-state index contributed by atoms with van der Waals surface area (Å²) in [6.45, 7) is 6.80. The van der Waals surface area contributed by atoms with Gasteiger partial charge in [0.1, 0.15) is 12.4 Å². The summed E-state index contributed by atoms with van der Waals surface area (Å²) < 4.78 is 5.91. The standard InChI is InChI=1S/C32H29N3OS/c1-22-14-15-28(20-23(22)2)30-31(27-12-8-5-9-13-27)37-32(33-30)35-34-24(3)26-16-18-29(19-17-26)36-21-25-10-6-4-7-11-25/h4-20H,21H2,1-3H3,(H,33,35)/b34-24-. The van der Waals surface area contributed by atoms with Crippen molar-refractivity contribution in [2.75, 3.05) is 5.43 Å². The molecule has 0 aliphatic carbocycles. The van der Waals surface area contributed by atoms with Crippen LogP contribution in [-0.4, -0.2) is 10.7 Å². The summed E-state index contributed by atoms with van der Waals surface area (Å²) in [4.78, 5) is 6.07. The van der Waals surface area contributed by atoms with Gasteiger partial charge in [-0.25, -0.2) is 4.98 Å². The molecule has 0 bridgehead atoms. The van der Waals surface area contributed by atoms with Crippen molar-refractivity contribution in [1.82, 2.24) is 4.98 Å². The summed E-state index contributed by atoms with van der Waals surface area (Å²) in [5, 5.41) is 5.39. The molecule has 0 saturated heterocycles. The molecular formula is C32H29N3OS. The molecular weight excluding hydrogens is 474 g/mol. The highest BCUT2D eigenvalue weighted by molar-refractivity contribution is 7.19. The van der Waals surface area contributed by atoms with Gasteiger partial charge >= 0.3 is 0 Å². The number of anilines is 1. The van der Waals surface area contributed by atoms with Crippen LogP contribution in [0.5, 0.6) is 5.75 Å². The first-order valence-electron chi connectivity index (χ1n) is 12.3. The number of nitrogens with one attached hydrogen (secondary N) is 1. The summed E-state index contributed by atoms with van der Waals surface area (Å²) in [5.74, 6) is 0.832. The first-order chi connectivity index (χ1) is 18.1. The smallest absolute Gasteiger partial charge is 0.204 e. The fraction of sp³-hybridized carbons (Fsp3) is 0.125. The number of nitrogens with zero attached hydrogens (tertiary/aromatic N) is 2. The van der Waals surface area contributed by atoms with E-state index in [0.29, 0.717) is 6.61 Å². The molecule has 1 N–H and O–H groups in total. The molecule has 0 radical (unpaired) electrons. The van der Waals surface area contributed by atoms with Crippen molar-refractivity contribution in [3.63, 3.8) is 0 Å². The monoisotopic (exact) mass is 503 g/mol. The normalized spacial score (nSPS) is 11.4.